The third kappa shape index (κ3) is 8.90. The van der Waals surface area contributed by atoms with Crippen LogP contribution in [0.2, 0.25) is 0 Å². The molecule has 0 aliphatic rings. The van der Waals surface area contributed by atoms with Crippen LogP contribution in [0.25, 0.3) is 0 Å². The first kappa shape index (κ1) is 19.1. The van der Waals surface area contributed by atoms with Crippen molar-refractivity contribution in [3.63, 3.8) is 0 Å². The lowest BCUT2D eigenvalue weighted by Crippen LogP contribution is -2.40. The second-order valence-corrected chi connectivity index (χ2v) is 5.27. The lowest BCUT2D eigenvalue weighted by atomic mass is 10.1. The largest absolute Gasteiger partial charge is 0.574 e. The fraction of sp³-hybridized carbons (Fsp3) is 0.600. The van der Waals surface area contributed by atoms with Crippen LogP contribution in [-0.4, -0.2) is 23.4 Å². The Bertz CT molecular complexity index is 495. The lowest BCUT2D eigenvalue weighted by molar-refractivity contribution is -0.276. The van der Waals surface area contributed by atoms with E-state index >= 15 is 0 Å². The summed E-state index contributed by atoms with van der Waals surface area (Å²) in [7, 11) is 0. The predicted octanol–water partition coefficient (Wildman–Crippen LogP) is 3.75. The highest BCUT2D eigenvalue weighted by atomic mass is 19.4. The van der Waals surface area contributed by atoms with Gasteiger partial charge in [-0.3, -0.25) is 0 Å². The Labute approximate surface area is 133 Å². The summed E-state index contributed by atoms with van der Waals surface area (Å²) in [5.41, 5.74) is 0.466. The van der Waals surface area contributed by atoms with Crippen LogP contribution in [0.1, 0.15) is 45.1 Å². The number of halogens is 3. The highest BCUT2D eigenvalue weighted by Crippen LogP contribution is 2.21. The molecule has 1 unspecified atom stereocenters. The molecular weight excluding hydrogens is 311 g/mol. The van der Waals surface area contributed by atoms with Gasteiger partial charge in [-0.1, -0.05) is 26.2 Å². The molecule has 1 atom stereocenters. The van der Waals surface area contributed by atoms with Gasteiger partial charge in [-0.2, -0.15) is 0 Å². The average molecular weight is 333 g/mol. The van der Waals surface area contributed by atoms with Gasteiger partial charge in [-0.25, -0.2) is 9.78 Å². The first-order chi connectivity index (χ1) is 10.8. The molecule has 2 amide bonds. The van der Waals surface area contributed by atoms with Crippen molar-refractivity contribution >= 4 is 6.03 Å². The van der Waals surface area contributed by atoms with E-state index in [9.17, 15) is 18.0 Å². The van der Waals surface area contributed by atoms with Crippen LogP contribution in [0.15, 0.2) is 18.3 Å². The van der Waals surface area contributed by atoms with Crippen LogP contribution in [-0.2, 0) is 6.54 Å². The number of ether oxygens (including phenoxy) is 1. The minimum absolute atomic E-state index is 0.0445. The Kier molecular flexibility index (Phi) is 7.64. The lowest BCUT2D eigenvalue weighted by Gasteiger charge is -2.14. The van der Waals surface area contributed by atoms with Gasteiger partial charge in [0.15, 0.2) is 0 Å². The van der Waals surface area contributed by atoms with E-state index in [1.165, 1.54) is 12.3 Å². The molecule has 0 aromatic carbocycles. The van der Waals surface area contributed by atoms with Gasteiger partial charge < -0.3 is 15.4 Å². The van der Waals surface area contributed by atoms with Crippen molar-refractivity contribution in [2.24, 2.45) is 0 Å². The number of rotatable bonds is 8. The van der Waals surface area contributed by atoms with Gasteiger partial charge in [-0.05, 0) is 25.0 Å². The van der Waals surface area contributed by atoms with Crippen LogP contribution in [0, 0.1) is 0 Å². The molecule has 0 radical (unpaired) electrons. The summed E-state index contributed by atoms with van der Waals surface area (Å²) in [4.78, 5) is 15.2. The monoisotopic (exact) mass is 333 g/mol. The molecule has 23 heavy (non-hydrogen) atoms. The number of alkyl halides is 3. The first-order valence-electron chi connectivity index (χ1n) is 7.55. The van der Waals surface area contributed by atoms with E-state index in [4.69, 9.17) is 0 Å². The van der Waals surface area contributed by atoms with Crippen LogP contribution in [0.5, 0.6) is 5.88 Å². The number of aromatic nitrogens is 1. The van der Waals surface area contributed by atoms with Crippen molar-refractivity contribution in [3.05, 3.63) is 23.9 Å². The Morgan fingerprint density at radius 2 is 2.13 bits per heavy atom. The molecule has 1 rings (SSSR count). The van der Waals surface area contributed by atoms with E-state index in [1.807, 2.05) is 6.92 Å². The van der Waals surface area contributed by atoms with Crippen LogP contribution >= 0.6 is 0 Å². The zero-order valence-corrected chi connectivity index (χ0v) is 13.2. The summed E-state index contributed by atoms with van der Waals surface area (Å²) in [6.07, 6.45) is 0.574. The number of hydrogen-bond acceptors (Lipinski definition) is 3. The van der Waals surface area contributed by atoms with Crippen LogP contribution < -0.4 is 15.4 Å². The van der Waals surface area contributed by atoms with Crippen LogP contribution in [0.3, 0.4) is 0 Å². The third-order valence-corrected chi connectivity index (χ3v) is 3.09. The van der Waals surface area contributed by atoms with E-state index < -0.39 is 12.2 Å². The molecule has 5 nitrogen and oxygen atoms in total. The number of urea groups is 1. The van der Waals surface area contributed by atoms with Gasteiger partial charge in [0.05, 0.1) is 0 Å². The number of pyridine rings is 1. The summed E-state index contributed by atoms with van der Waals surface area (Å²) >= 11 is 0. The molecule has 8 heteroatoms. The number of nitrogens with zero attached hydrogens (tertiary/aromatic N) is 1. The maximum atomic E-state index is 12.1. The Morgan fingerprint density at radius 3 is 2.78 bits per heavy atom. The molecule has 130 valence electrons. The number of amides is 2. The molecule has 1 aromatic heterocycles. The maximum Gasteiger partial charge on any atom is 0.574 e. The number of unbranched alkanes of at least 4 members (excludes halogenated alkanes) is 2. The van der Waals surface area contributed by atoms with Crippen molar-refractivity contribution in [2.45, 2.75) is 58.5 Å². The van der Waals surface area contributed by atoms with E-state index in [1.54, 1.807) is 0 Å². The fourth-order valence-electron chi connectivity index (χ4n) is 1.96. The van der Waals surface area contributed by atoms with Crippen LogP contribution in [0.4, 0.5) is 18.0 Å². The average Bonchev–Trinajstić information content (AvgIpc) is 2.44. The third-order valence-electron chi connectivity index (χ3n) is 3.09. The Morgan fingerprint density at radius 1 is 1.39 bits per heavy atom. The van der Waals surface area contributed by atoms with E-state index in [0.29, 0.717) is 5.56 Å². The van der Waals surface area contributed by atoms with Crippen molar-refractivity contribution in [1.29, 1.82) is 0 Å². The predicted molar refractivity (Wildman–Crippen MR) is 79.9 cm³/mol. The topological polar surface area (TPSA) is 63.2 Å². The SMILES string of the molecule is CCCCCC(C)NC(=O)NCc1ccnc(OC(F)(F)F)c1. The molecule has 0 saturated carbocycles. The van der Waals surface area contributed by atoms with Crippen molar-refractivity contribution in [3.8, 4) is 5.88 Å². The normalized spacial score (nSPS) is 12.6. The number of hydrogen-bond donors (Lipinski definition) is 2. The number of nitrogens with one attached hydrogen (secondary N) is 2. The molecule has 1 aromatic rings. The molecule has 0 aliphatic carbocycles. The zero-order valence-electron chi connectivity index (χ0n) is 13.2. The molecule has 2 N–H and O–H groups in total. The second-order valence-electron chi connectivity index (χ2n) is 5.27. The molecule has 0 bridgehead atoms. The van der Waals surface area contributed by atoms with Gasteiger partial charge in [0.2, 0.25) is 5.88 Å². The van der Waals surface area contributed by atoms with Crippen molar-refractivity contribution in [1.82, 2.24) is 15.6 Å². The molecule has 0 fully saturated rings. The molecular formula is C15H22F3N3O2. The Hall–Kier alpha value is -1.99. The van der Waals surface area contributed by atoms with Gasteiger partial charge in [0.25, 0.3) is 0 Å². The summed E-state index contributed by atoms with van der Waals surface area (Å²) in [6.45, 7) is 4.11. The standard InChI is InChI=1S/C15H22F3N3O2/c1-3-4-5-6-11(2)21-14(22)20-10-12-7-8-19-13(9-12)23-15(16,17)18/h7-9,11H,3-6,10H2,1-2H3,(H2,20,21,22). The zero-order chi connectivity index (χ0) is 17.3. The Balaban J connectivity index is 2.39. The van der Waals surface area contributed by atoms with Gasteiger partial charge in [-0.15, -0.1) is 13.2 Å². The number of carbonyl (C=O) groups excluding carboxylic acids is 1. The highest BCUT2D eigenvalue weighted by Gasteiger charge is 2.31. The van der Waals surface area contributed by atoms with Gasteiger partial charge in [0, 0.05) is 24.8 Å². The minimum Gasteiger partial charge on any atom is -0.388 e. The molecule has 0 aliphatic heterocycles. The van der Waals surface area contributed by atoms with Gasteiger partial charge in [0.1, 0.15) is 0 Å². The molecule has 0 spiro atoms. The quantitative estimate of drug-likeness (QED) is 0.712. The van der Waals surface area contributed by atoms with E-state index in [-0.39, 0.29) is 18.6 Å². The first-order valence-corrected chi connectivity index (χ1v) is 7.55. The summed E-state index contributed by atoms with van der Waals surface area (Å²) in [5, 5.41) is 5.38. The number of carbonyl (C=O) groups is 1. The summed E-state index contributed by atoms with van der Waals surface area (Å²) < 4.78 is 40.1. The van der Waals surface area contributed by atoms with E-state index in [0.717, 1.165) is 31.7 Å². The van der Waals surface area contributed by atoms with E-state index in [2.05, 4.69) is 27.3 Å². The molecule has 0 saturated heterocycles. The fourth-order valence-corrected chi connectivity index (χ4v) is 1.96. The van der Waals surface area contributed by atoms with Crippen molar-refractivity contribution in [2.75, 3.05) is 0 Å². The second kappa shape index (κ2) is 9.22. The molecule has 1 heterocycles. The minimum atomic E-state index is -4.79. The maximum absolute atomic E-state index is 12.1. The van der Waals surface area contributed by atoms with Crippen molar-refractivity contribution < 1.29 is 22.7 Å². The highest BCUT2D eigenvalue weighted by molar-refractivity contribution is 5.74. The van der Waals surface area contributed by atoms with Gasteiger partial charge >= 0.3 is 12.4 Å². The summed E-state index contributed by atoms with van der Waals surface area (Å²) in [6, 6.07) is 2.33. The smallest absolute Gasteiger partial charge is 0.388 e. The summed E-state index contributed by atoms with van der Waals surface area (Å²) in [5.74, 6) is -0.551.